The molecule has 6 heteroatoms. The van der Waals surface area contributed by atoms with Gasteiger partial charge in [0.05, 0.1) is 0 Å². The lowest BCUT2D eigenvalue weighted by Gasteiger charge is -2.36. The van der Waals surface area contributed by atoms with Crippen molar-refractivity contribution in [2.75, 3.05) is 26.8 Å². The summed E-state index contributed by atoms with van der Waals surface area (Å²) >= 11 is 0. The van der Waals surface area contributed by atoms with Gasteiger partial charge in [-0.05, 0) is 18.8 Å². The van der Waals surface area contributed by atoms with Gasteiger partial charge in [-0.25, -0.2) is 9.59 Å². The highest BCUT2D eigenvalue weighted by molar-refractivity contribution is 5.86. The maximum absolute atomic E-state index is 12.1. The zero-order valence-corrected chi connectivity index (χ0v) is 11.4. The van der Waals surface area contributed by atoms with Crippen LogP contribution in [0.1, 0.15) is 32.1 Å². The molecule has 1 aliphatic carbocycles. The quantitative estimate of drug-likeness (QED) is 0.800. The number of ether oxygens (including phenoxy) is 1. The van der Waals surface area contributed by atoms with Crippen LogP contribution < -0.4 is 5.32 Å². The first-order valence-corrected chi connectivity index (χ1v) is 6.88. The fraction of sp³-hybridized carbons (Fsp3) is 0.846. The van der Waals surface area contributed by atoms with Crippen LogP contribution in [0, 0.1) is 5.92 Å². The molecule has 0 atom stereocenters. The minimum Gasteiger partial charge on any atom is -0.480 e. The predicted molar refractivity (Wildman–Crippen MR) is 68.9 cm³/mol. The van der Waals surface area contributed by atoms with Crippen molar-refractivity contribution in [3.8, 4) is 0 Å². The monoisotopic (exact) mass is 270 g/mol. The molecule has 6 nitrogen and oxygen atoms in total. The third kappa shape index (κ3) is 3.18. The van der Waals surface area contributed by atoms with E-state index >= 15 is 0 Å². The van der Waals surface area contributed by atoms with Crippen molar-refractivity contribution in [3.05, 3.63) is 0 Å². The van der Waals surface area contributed by atoms with Gasteiger partial charge in [-0.1, -0.05) is 6.42 Å². The lowest BCUT2D eigenvalue weighted by atomic mass is 9.85. The van der Waals surface area contributed by atoms with Crippen LogP contribution in [0.4, 0.5) is 4.79 Å². The maximum atomic E-state index is 12.1. The third-order valence-corrected chi connectivity index (χ3v) is 4.21. The first-order valence-electron chi connectivity index (χ1n) is 6.88. The fourth-order valence-corrected chi connectivity index (χ4v) is 2.56. The summed E-state index contributed by atoms with van der Waals surface area (Å²) in [6, 6.07) is -0.295. The molecule has 0 aromatic heterocycles. The Balaban J connectivity index is 1.92. The molecule has 0 radical (unpaired) electrons. The van der Waals surface area contributed by atoms with Gasteiger partial charge in [0, 0.05) is 39.6 Å². The largest absolute Gasteiger partial charge is 0.480 e. The second-order valence-electron chi connectivity index (χ2n) is 5.61. The van der Waals surface area contributed by atoms with E-state index in [-0.39, 0.29) is 6.03 Å². The number of nitrogens with one attached hydrogen (secondary N) is 1. The van der Waals surface area contributed by atoms with Gasteiger partial charge in [0.25, 0.3) is 0 Å². The number of carbonyl (C=O) groups is 2. The average molecular weight is 270 g/mol. The molecular formula is C13H22N2O4. The van der Waals surface area contributed by atoms with Crippen molar-refractivity contribution < 1.29 is 19.4 Å². The number of amides is 2. The third-order valence-electron chi connectivity index (χ3n) is 4.21. The SMILES string of the molecule is CN(CC1CCC1)C(=O)NC1(C(=O)O)CCOCC1. The first-order chi connectivity index (χ1) is 9.03. The van der Waals surface area contributed by atoms with Crippen molar-refractivity contribution >= 4 is 12.0 Å². The average Bonchev–Trinajstić information content (AvgIpc) is 2.34. The highest BCUT2D eigenvalue weighted by Crippen LogP contribution is 2.27. The Hall–Kier alpha value is -1.30. The Morgan fingerprint density at radius 3 is 2.47 bits per heavy atom. The van der Waals surface area contributed by atoms with Gasteiger partial charge < -0.3 is 20.1 Å². The molecule has 0 spiro atoms. The van der Waals surface area contributed by atoms with E-state index in [1.807, 2.05) is 0 Å². The van der Waals surface area contributed by atoms with Crippen LogP contribution in [0.25, 0.3) is 0 Å². The highest BCUT2D eigenvalue weighted by Gasteiger charge is 2.42. The molecule has 108 valence electrons. The van der Waals surface area contributed by atoms with E-state index in [1.165, 1.54) is 6.42 Å². The van der Waals surface area contributed by atoms with Gasteiger partial charge in [-0.3, -0.25) is 0 Å². The van der Waals surface area contributed by atoms with E-state index in [0.29, 0.717) is 38.5 Å². The van der Waals surface area contributed by atoms with Crippen molar-refractivity contribution in [2.45, 2.75) is 37.6 Å². The molecule has 0 bridgehead atoms. The standard InChI is InChI=1S/C13H22N2O4/c1-15(9-10-3-2-4-10)12(18)14-13(11(16)17)5-7-19-8-6-13/h10H,2-9H2,1H3,(H,14,18)(H,16,17). The second-order valence-corrected chi connectivity index (χ2v) is 5.61. The van der Waals surface area contributed by atoms with Crippen molar-refractivity contribution in [3.63, 3.8) is 0 Å². The number of carbonyl (C=O) groups excluding carboxylic acids is 1. The minimum atomic E-state index is -1.16. The molecule has 2 amide bonds. The molecule has 1 heterocycles. The van der Waals surface area contributed by atoms with Crippen molar-refractivity contribution in [2.24, 2.45) is 5.92 Å². The smallest absolute Gasteiger partial charge is 0.329 e. The van der Waals surface area contributed by atoms with E-state index in [2.05, 4.69) is 5.32 Å². The second kappa shape index (κ2) is 5.77. The van der Waals surface area contributed by atoms with Gasteiger partial charge >= 0.3 is 12.0 Å². The number of carboxylic acid groups (broad SMARTS) is 1. The summed E-state index contributed by atoms with van der Waals surface area (Å²) in [6.07, 6.45) is 4.21. The summed E-state index contributed by atoms with van der Waals surface area (Å²) in [5, 5.41) is 12.1. The zero-order chi connectivity index (χ0) is 13.9. The molecular weight excluding hydrogens is 248 g/mol. The molecule has 2 N–H and O–H groups in total. The highest BCUT2D eigenvalue weighted by atomic mass is 16.5. The number of hydrogen-bond acceptors (Lipinski definition) is 3. The maximum Gasteiger partial charge on any atom is 0.329 e. The summed E-state index contributed by atoms with van der Waals surface area (Å²) in [5.41, 5.74) is -1.16. The van der Waals surface area contributed by atoms with Crippen molar-refractivity contribution in [1.29, 1.82) is 0 Å². The van der Waals surface area contributed by atoms with E-state index < -0.39 is 11.5 Å². The Labute approximate surface area is 113 Å². The van der Waals surface area contributed by atoms with E-state index in [0.717, 1.165) is 12.8 Å². The van der Waals surface area contributed by atoms with Crippen LogP contribution in [-0.2, 0) is 9.53 Å². The van der Waals surface area contributed by atoms with E-state index in [4.69, 9.17) is 4.74 Å². The summed E-state index contributed by atoms with van der Waals surface area (Å²) in [7, 11) is 1.72. The topological polar surface area (TPSA) is 78.9 Å². The first kappa shape index (κ1) is 14.1. The summed E-state index contributed by atoms with van der Waals surface area (Å²) in [5.74, 6) is -0.396. The molecule has 1 aliphatic heterocycles. The van der Waals surface area contributed by atoms with Crippen LogP contribution in [0.5, 0.6) is 0 Å². The lowest BCUT2D eigenvalue weighted by molar-refractivity contribution is -0.148. The van der Waals surface area contributed by atoms with Crippen LogP contribution in [0.2, 0.25) is 0 Å². The Morgan fingerprint density at radius 1 is 1.37 bits per heavy atom. The summed E-state index contributed by atoms with van der Waals surface area (Å²) < 4.78 is 5.18. The van der Waals surface area contributed by atoms with Gasteiger partial charge in [-0.2, -0.15) is 0 Å². The van der Waals surface area contributed by atoms with Gasteiger partial charge in [-0.15, -0.1) is 0 Å². The van der Waals surface area contributed by atoms with Crippen LogP contribution >= 0.6 is 0 Å². The molecule has 1 saturated heterocycles. The van der Waals surface area contributed by atoms with E-state index in [1.54, 1.807) is 11.9 Å². The molecule has 2 aliphatic rings. The van der Waals surface area contributed by atoms with Crippen LogP contribution in [-0.4, -0.2) is 54.4 Å². The zero-order valence-electron chi connectivity index (χ0n) is 11.4. The van der Waals surface area contributed by atoms with E-state index in [9.17, 15) is 14.7 Å². The molecule has 19 heavy (non-hydrogen) atoms. The molecule has 2 rings (SSSR count). The molecule has 0 unspecified atom stereocenters. The lowest BCUT2D eigenvalue weighted by Crippen LogP contribution is -2.60. The molecule has 1 saturated carbocycles. The Morgan fingerprint density at radius 2 is 2.00 bits per heavy atom. The fourth-order valence-electron chi connectivity index (χ4n) is 2.56. The number of aliphatic carboxylic acids is 1. The number of nitrogens with zero attached hydrogens (tertiary/aromatic N) is 1. The van der Waals surface area contributed by atoms with Crippen molar-refractivity contribution in [1.82, 2.24) is 10.2 Å². The van der Waals surface area contributed by atoms with Crippen LogP contribution in [0.3, 0.4) is 0 Å². The summed E-state index contributed by atoms with van der Waals surface area (Å²) in [6.45, 7) is 1.45. The number of carboxylic acids is 1. The van der Waals surface area contributed by atoms with Crippen LogP contribution in [0.15, 0.2) is 0 Å². The molecule has 0 aromatic rings. The molecule has 2 fully saturated rings. The van der Waals surface area contributed by atoms with Gasteiger partial charge in [0.2, 0.25) is 0 Å². The predicted octanol–water partition coefficient (Wildman–Crippen LogP) is 1.06. The molecule has 0 aromatic carbocycles. The number of urea groups is 1. The Bertz CT molecular complexity index is 349. The van der Waals surface area contributed by atoms with Gasteiger partial charge in [0.1, 0.15) is 5.54 Å². The number of hydrogen-bond donors (Lipinski definition) is 2. The van der Waals surface area contributed by atoms with Gasteiger partial charge in [0.15, 0.2) is 0 Å². The normalized spacial score (nSPS) is 22.4. The number of rotatable bonds is 4. The summed E-state index contributed by atoms with van der Waals surface area (Å²) in [4.78, 5) is 25.1. The minimum absolute atomic E-state index is 0.295. The Kier molecular flexibility index (Phi) is 4.29.